The van der Waals surface area contributed by atoms with Crippen molar-refractivity contribution >= 4 is 11.8 Å². The van der Waals surface area contributed by atoms with Crippen LogP contribution < -0.4 is 5.32 Å². The highest BCUT2D eigenvalue weighted by Crippen LogP contribution is 2.28. The monoisotopic (exact) mass is 240 g/mol. The predicted octanol–water partition coefficient (Wildman–Crippen LogP) is 2.07. The number of nitrogens with zero attached hydrogens (tertiary/aromatic N) is 2. The SMILES string of the molecule is CNC(CSc1ncn[nH]1)C1CCCCC1. The van der Waals surface area contributed by atoms with Crippen molar-refractivity contribution in [3.8, 4) is 0 Å². The average molecular weight is 240 g/mol. The molecule has 2 N–H and O–H groups in total. The third-order valence-corrected chi connectivity index (χ3v) is 4.38. The Morgan fingerprint density at radius 3 is 2.94 bits per heavy atom. The van der Waals surface area contributed by atoms with Crippen LogP contribution in [0.1, 0.15) is 32.1 Å². The molecule has 1 aromatic rings. The van der Waals surface area contributed by atoms with Crippen LogP contribution in [0.3, 0.4) is 0 Å². The number of nitrogens with one attached hydrogen (secondary N) is 2. The lowest BCUT2D eigenvalue weighted by molar-refractivity contribution is 0.294. The fraction of sp³-hybridized carbons (Fsp3) is 0.818. The standard InChI is InChI=1S/C11H20N4S/c1-12-10(9-5-3-2-4-6-9)7-16-11-13-8-14-15-11/h8-10,12H,2-7H2,1H3,(H,13,14,15). The Balaban J connectivity index is 1.80. The van der Waals surface area contributed by atoms with Crippen LogP contribution >= 0.6 is 11.8 Å². The molecule has 16 heavy (non-hydrogen) atoms. The molecule has 0 spiro atoms. The van der Waals surface area contributed by atoms with Crippen molar-refractivity contribution < 1.29 is 0 Å². The zero-order valence-corrected chi connectivity index (χ0v) is 10.6. The number of rotatable bonds is 5. The highest BCUT2D eigenvalue weighted by Gasteiger charge is 2.22. The van der Waals surface area contributed by atoms with E-state index in [-0.39, 0.29) is 0 Å². The summed E-state index contributed by atoms with van der Waals surface area (Å²) in [4.78, 5) is 4.14. The van der Waals surface area contributed by atoms with Gasteiger partial charge in [0.1, 0.15) is 6.33 Å². The number of hydrogen-bond donors (Lipinski definition) is 2. The number of H-pyrrole nitrogens is 1. The molecule has 0 aromatic carbocycles. The summed E-state index contributed by atoms with van der Waals surface area (Å²) in [5.74, 6) is 1.92. The Bertz CT molecular complexity index is 282. The van der Waals surface area contributed by atoms with E-state index in [1.165, 1.54) is 32.1 Å². The maximum atomic E-state index is 4.14. The van der Waals surface area contributed by atoms with Crippen LogP contribution in [0.15, 0.2) is 11.5 Å². The van der Waals surface area contributed by atoms with Crippen molar-refractivity contribution in [2.24, 2.45) is 5.92 Å². The normalized spacial score (nSPS) is 19.8. The molecule has 90 valence electrons. The van der Waals surface area contributed by atoms with Crippen LogP contribution in [0.5, 0.6) is 0 Å². The van der Waals surface area contributed by atoms with Crippen LogP contribution in [0.4, 0.5) is 0 Å². The van der Waals surface area contributed by atoms with Gasteiger partial charge in [-0.1, -0.05) is 31.0 Å². The lowest BCUT2D eigenvalue weighted by atomic mass is 9.84. The molecule has 1 aliphatic carbocycles. The van der Waals surface area contributed by atoms with Crippen molar-refractivity contribution in [3.63, 3.8) is 0 Å². The number of aromatic nitrogens is 3. The fourth-order valence-corrected chi connectivity index (χ4v) is 3.44. The summed E-state index contributed by atoms with van der Waals surface area (Å²) >= 11 is 1.76. The van der Waals surface area contributed by atoms with Gasteiger partial charge in [0.15, 0.2) is 5.16 Å². The summed E-state index contributed by atoms with van der Waals surface area (Å²) in [7, 11) is 2.07. The molecule has 1 aromatic heterocycles. The predicted molar refractivity (Wildman–Crippen MR) is 66.5 cm³/mol. The molecule has 0 amide bonds. The Morgan fingerprint density at radius 2 is 2.31 bits per heavy atom. The first-order valence-electron chi connectivity index (χ1n) is 6.05. The van der Waals surface area contributed by atoms with Crippen molar-refractivity contribution in [1.82, 2.24) is 20.5 Å². The van der Waals surface area contributed by atoms with E-state index in [2.05, 4.69) is 27.5 Å². The Hall–Kier alpha value is -0.550. The summed E-state index contributed by atoms with van der Waals surface area (Å²) in [5.41, 5.74) is 0. The van der Waals surface area contributed by atoms with Crippen LogP contribution in [0.2, 0.25) is 0 Å². The first-order chi connectivity index (χ1) is 7.90. The molecule has 1 atom stereocenters. The number of hydrogen-bond acceptors (Lipinski definition) is 4. The van der Waals surface area contributed by atoms with E-state index in [0.29, 0.717) is 6.04 Å². The molecule has 0 aliphatic heterocycles. The summed E-state index contributed by atoms with van der Waals surface area (Å²) in [6.07, 6.45) is 8.54. The minimum absolute atomic E-state index is 0.607. The van der Waals surface area contributed by atoms with E-state index in [0.717, 1.165) is 16.8 Å². The van der Waals surface area contributed by atoms with Crippen LogP contribution in [-0.4, -0.2) is 34.0 Å². The van der Waals surface area contributed by atoms with Gasteiger partial charge in [-0.15, -0.1) is 0 Å². The number of aromatic amines is 1. The highest BCUT2D eigenvalue weighted by atomic mass is 32.2. The molecule has 5 heteroatoms. The molecule has 4 nitrogen and oxygen atoms in total. The van der Waals surface area contributed by atoms with E-state index < -0.39 is 0 Å². The summed E-state index contributed by atoms with van der Waals surface area (Å²) in [6.45, 7) is 0. The zero-order chi connectivity index (χ0) is 11.2. The maximum absolute atomic E-state index is 4.14. The topological polar surface area (TPSA) is 53.6 Å². The molecule has 0 bridgehead atoms. The summed E-state index contributed by atoms with van der Waals surface area (Å²) < 4.78 is 0. The smallest absolute Gasteiger partial charge is 0.183 e. The largest absolute Gasteiger partial charge is 0.316 e. The van der Waals surface area contributed by atoms with Gasteiger partial charge in [-0.3, -0.25) is 5.10 Å². The second-order valence-electron chi connectivity index (χ2n) is 4.39. The van der Waals surface area contributed by atoms with Gasteiger partial charge in [-0.05, 0) is 25.8 Å². The Morgan fingerprint density at radius 1 is 1.50 bits per heavy atom. The molecular weight excluding hydrogens is 220 g/mol. The van der Waals surface area contributed by atoms with Crippen molar-refractivity contribution in [2.75, 3.05) is 12.8 Å². The maximum Gasteiger partial charge on any atom is 0.183 e. The first-order valence-corrected chi connectivity index (χ1v) is 7.04. The van der Waals surface area contributed by atoms with E-state index in [4.69, 9.17) is 0 Å². The van der Waals surface area contributed by atoms with E-state index in [9.17, 15) is 0 Å². The van der Waals surface area contributed by atoms with Crippen molar-refractivity contribution in [3.05, 3.63) is 6.33 Å². The molecule has 0 radical (unpaired) electrons. The molecule has 1 unspecified atom stereocenters. The number of thioether (sulfide) groups is 1. The van der Waals surface area contributed by atoms with Crippen LogP contribution in [-0.2, 0) is 0 Å². The van der Waals surface area contributed by atoms with Crippen LogP contribution in [0.25, 0.3) is 0 Å². The Kier molecular flexibility index (Phi) is 4.66. The molecular formula is C11H20N4S. The van der Waals surface area contributed by atoms with Crippen molar-refractivity contribution in [1.29, 1.82) is 0 Å². The molecule has 2 rings (SSSR count). The first kappa shape index (κ1) is 11.9. The van der Waals surface area contributed by atoms with Crippen LogP contribution in [0, 0.1) is 5.92 Å². The lowest BCUT2D eigenvalue weighted by Crippen LogP contribution is -2.36. The second kappa shape index (κ2) is 6.25. The third kappa shape index (κ3) is 3.22. The lowest BCUT2D eigenvalue weighted by Gasteiger charge is -2.29. The van der Waals surface area contributed by atoms with Gasteiger partial charge in [0.25, 0.3) is 0 Å². The fourth-order valence-electron chi connectivity index (χ4n) is 2.42. The van der Waals surface area contributed by atoms with Gasteiger partial charge < -0.3 is 5.32 Å². The molecule has 1 aliphatic rings. The molecule has 0 saturated heterocycles. The van der Waals surface area contributed by atoms with E-state index in [1.807, 2.05) is 0 Å². The van der Waals surface area contributed by atoms with Gasteiger partial charge in [0.05, 0.1) is 0 Å². The summed E-state index contributed by atoms with van der Waals surface area (Å²) in [6, 6.07) is 0.607. The molecule has 1 heterocycles. The minimum atomic E-state index is 0.607. The van der Waals surface area contributed by atoms with E-state index >= 15 is 0 Å². The highest BCUT2D eigenvalue weighted by molar-refractivity contribution is 7.99. The Labute approximate surface area is 101 Å². The quantitative estimate of drug-likeness (QED) is 0.774. The van der Waals surface area contributed by atoms with Gasteiger partial charge >= 0.3 is 0 Å². The van der Waals surface area contributed by atoms with Gasteiger partial charge in [0.2, 0.25) is 0 Å². The van der Waals surface area contributed by atoms with Gasteiger partial charge in [-0.25, -0.2) is 4.98 Å². The van der Waals surface area contributed by atoms with E-state index in [1.54, 1.807) is 18.1 Å². The zero-order valence-electron chi connectivity index (χ0n) is 9.78. The molecule has 1 saturated carbocycles. The third-order valence-electron chi connectivity index (χ3n) is 3.38. The molecule has 1 fully saturated rings. The summed E-state index contributed by atoms with van der Waals surface area (Å²) in [5, 5.41) is 11.1. The van der Waals surface area contributed by atoms with Gasteiger partial charge in [-0.2, -0.15) is 5.10 Å². The average Bonchev–Trinajstić information content (AvgIpc) is 2.84. The minimum Gasteiger partial charge on any atom is -0.316 e. The second-order valence-corrected chi connectivity index (χ2v) is 5.40. The van der Waals surface area contributed by atoms with Gasteiger partial charge in [0, 0.05) is 11.8 Å². The van der Waals surface area contributed by atoms with Crippen molar-refractivity contribution in [2.45, 2.75) is 43.3 Å².